The minimum Gasteiger partial charge on any atom is -0.333 e. The van der Waals surface area contributed by atoms with Crippen molar-refractivity contribution in [1.82, 2.24) is 14.8 Å². The Balaban J connectivity index is 1.73. The average Bonchev–Trinajstić information content (AvgIpc) is 2.93. The summed E-state index contributed by atoms with van der Waals surface area (Å²) in [6.07, 6.45) is 7.95. The summed E-state index contributed by atoms with van der Waals surface area (Å²) in [5.41, 5.74) is 2.06. The first kappa shape index (κ1) is 17.2. The summed E-state index contributed by atoms with van der Waals surface area (Å²) in [6.45, 7) is 1.93. The molecule has 3 atom stereocenters. The minimum absolute atomic E-state index is 0.131. The second kappa shape index (κ2) is 7.58. The van der Waals surface area contributed by atoms with Gasteiger partial charge in [-0.15, -0.1) is 0 Å². The van der Waals surface area contributed by atoms with Crippen LogP contribution in [0.25, 0.3) is 0 Å². The van der Waals surface area contributed by atoms with Gasteiger partial charge in [0.15, 0.2) is 0 Å². The summed E-state index contributed by atoms with van der Waals surface area (Å²) in [6, 6.07) is 15.2. The lowest BCUT2D eigenvalue weighted by Gasteiger charge is -2.48. The molecule has 4 rings (SSSR count). The van der Waals surface area contributed by atoms with Crippen LogP contribution in [-0.4, -0.2) is 52.9 Å². The predicted octanol–water partition coefficient (Wildman–Crippen LogP) is 3.56. The first-order valence-corrected chi connectivity index (χ1v) is 9.72. The number of hydrogen-bond donors (Lipinski definition) is 0. The van der Waals surface area contributed by atoms with Crippen LogP contribution in [0.4, 0.5) is 0 Å². The Hall–Kier alpha value is -2.20. The molecule has 2 fully saturated rings. The Kier molecular flexibility index (Phi) is 5.02. The molecular weight excluding hydrogens is 322 g/mol. The van der Waals surface area contributed by atoms with Crippen molar-refractivity contribution in [2.75, 3.05) is 20.1 Å². The van der Waals surface area contributed by atoms with Gasteiger partial charge in [-0.25, -0.2) is 0 Å². The van der Waals surface area contributed by atoms with Crippen LogP contribution in [0.2, 0.25) is 0 Å². The van der Waals surface area contributed by atoms with Crippen molar-refractivity contribution in [1.29, 1.82) is 0 Å². The monoisotopic (exact) mass is 349 g/mol. The highest BCUT2D eigenvalue weighted by molar-refractivity contribution is 5.94. The zero-order chi connectivity index (χ0) is 17.9. The number of carbonyl (C=O) groups excluding carboxylic acids is 1. The first-order valence-electron chi connectivity index (χ1n) is 9.72. The zero-order valence-corrected chi connectivity index (χ0v) is 15.4. The third-order valence-electron chi connectivity index (χ3n) is 6.07. The van der Waals surface area contributed by atoms with Crippen molar-refractivity contribution in [2.24, 2.45) is 0 Å². The summed E-state index contributed by atoms with van der Waals surface area (Å²) in [7, 11) is 2.22. The highest BCUT2D eigenvalue weighted by Gasteiger charge is 2.43. The number of likely N-dealkylation sites (tertiary alicyclic amines) is 2. The fraction of sp³-hybridized carbons (Fsp3) is 0.455. The van der Waals surface area contributed by atoms with E-state index in [0.29, 0.717) is 17.5 Å². The van der Waals surface area contributed by atoms with Crippen LogP contribution in [-0.2, 0) is 0 Å². The predicted molar refractivity (Wildman–Crippen MR) is 103 cm³/mol. The number of likely N-dealkylation sites (N-methyl/N-ethyl adjacent to an activating group) is 1. The molecule has 0 radical (unpaired) electrons. The van der Waals surface area contributed by atoms with Gasteiger partial charge in [0.1, 0.15) is 0 Å². The molecule has 2 aliphatic heterocycles. The zero-order valence-electron chi connectivity index (χ0n) is 15.4. The molecule has 1 amide bonds. The molecule has 1 aromatic carbocycles. The van der Waals surface area contributed by atoms with E-state index in [9.17, 15) is 4.79 Å². The topological polar surface area (TPSA) is 36.4 Å². The van der Waals surface area contributed by atoms with Gasteiger partial charge in [-0.2, -0.15) is 0 Å². The summed E-state index contributed by atoms with van der Waals surface area (Å²) < 4.78 is 0. The first-order chi connectivity index (χ1) is 12.8. The number of pyridine rings is 1. The molecule has 26 heavy (non-hydrogen) atoms. The van der Waals surface area contributed by atoms with E-state index < -0.39 is 0 Å². The SMILES string of the molecule is CN1CC[C@H](c2ccccc2)[C@@H]2[C@H]1CCCCN2C(=O)c1cccnc1. The van der Waals surface area contributed by atoms with Crippen LogP contribution in [0.15, 0.2) is 54.9 Å². The Morgan fingerprint density at radius 1 is 1.04 bits per heavy atom. The Bertz CT molecular complexity index is 734. The van der Waals surface area contributed by atoms with Crippen molar-refractivity contribution in [3.05, 3.63) is 66.0 Å². The van der Waals surface area contributed by atoms with Gasteiger partial charge in [0.05, 0.1) is 11.6 Å². The van der Waals surface area contributed by atoms with Crippen LogP contribution in [0.3, 0.4) is 0 Å². The van der Waals surface area contributed by atoms with Crippen molar-refractivity contribution >= 4 is 5.91 Å². The van der Waals surface area contributed by atoms with E-state index in [1.165, 1.54) is 18.4 Å². The number of rotatable bonds is 2. The second-order valence-corrected chi connectivity index (χ2v) is 7.58. The summed E-state index contributed by atoms with van der Waals surface area (Å²) in [5, 5.41) is 0. The van der Waals surface area contributed by atoms with Gasteiger partial charge < -0.3 is 9.80 Å². The molecule has 4 nitrogen and oxygen atoms in total. The fourth-order valence-electron chi connectivity index (χ4n) is 4.77. The van der Waals surface area contributed by atoms with Gasteiger partial charge in [-0.3, -0.25) is 9.78 Å². The molecule has 0 spiro atoms. The smallest absolute Gasteiger partial charge is 0.255 e. The minimum atomic E-state index is 0.131. The molecule has 0 aliphatic carbocycles. The largest absolute Gasteiger partial charge is 0.333 e. The van der Waals surface area contributed by atoms with E-state index in [1.54, 1.807) is 12.4 Å². The third-order valence-corrected chi connectivity index (χ3v) is 6.07. The van der Waals surface area contributed by atoms with Crippen LogP contribution in [0.5, 0.6) is 0 Å². The number of amides is 1. The summed E-state index contributed by atoms with van der Waals surface area (Å²) >= 11 is 0. The molecule has 0 saturated carbocycles. The second-order valence-electron chi connectivity index (χ2n) is 7.58. The van der Waals surface area contributed by atoms with Crippen molar-refractivity contribution in [3.63, 3.8) is 0 Å². The van der Waals surface area contributed by atoms with Gasteiger partial charge in [-0.1, -0.05) is 36.8 Å². The lowest BCUT2D eigenvalue weighted by Crippen LogP contribution is -2.58. The number of hydrogen-bond acceptors (Lipinski definition) is 3. The van der Waals surface area contributed by atoms with E-state index in [0.717, 1.165) is 25.9 Å². The lowest BCUT2D eigenvalue weighted by molar-refractivity contribution is 0.0346. The van der Waals surface area contributed by atoms with Crippen molar-refractivity contribution in [2.45, 2.75) is 43.7 Å². The number of piperidine rings is 1. The average molecular weight is 349 g/mol. The van der Waals surface area contributed by atoms with E-state index in [4.69, 9.17) is 0 Å². The fourth-order valence-corrected chi connectivity index (χ4v) is 4.77. The number of nitrogens with zero attached hydrogens (tertiary/aromatic N) is 3. The molecule has 136 valence electrons. The van der Waals surface area contributed by atoms with Crippen LogP contribution < -0.4 is 0 Å². The van der Waals surface area contributed by atoms with Crippen LogP contribution >= 0.6 is 0 Å². The molecule has 4 heteroatoms. The van der Waals surface area contributed by atoms with Crippen LogP contribution in [0, 0.1) is 0 Å². The maximum absolute atomic E-state index is 13.4. The Morgan fingerprint density at radius 2 is 1.88 bits per heavy atom. The lowest BCUT2D eigenvalue weighted by atomic mass is 9.79. The number of aromatic nitrogens is 1. The molecule has 2 aliphatic rings. The summed E-state index contributed by atoms with van der Waals surface area (Å²) in [4.78, 5) is 22.1. The quantitative estimate of drug-likeness (QED) is 0.832. The highest BCUT2D eigenvalue weighted by Crippen LogP contribution is 2.38. The molecule has 0 unspecified atom stereocenters. The molecule has 1 aromatic heterocycles. The van der Waals surface area contributed by atoms with Crippen molar-refractivity contribution in [3.8, 4) is 0 Å². The standard InChI is InChI=1S/C22H27N3O/c1-24-15-12-19(17-8-3-2-4-9-17)21-20(24)11-5-6-14-25(21)22(26)18-10-7-13-23-16-18/h2-4,7-10,13,16,19-21H,5-6,11-12,14-15H2,1H3/t19-,20-,21-/m1/s1. The van der Waals surface area contributed by atoms with Crippen molar-refractivity contribution < 1.29 is 4.79 Å². The Morgan fingerprint density at radius 3 is 2.65 bits per heavy atom. The van der Waals surface area contributed by atoms with E-state index in [2.05, 4.69) is 52.2 Å². The molecular formula is C22H27N3O. The van der Waals surface area contributed by atoms with Gasteiger partial charge in [0, 0.05) is 30.9 Å². The third kappa shape index (κ3) is 3.26. The Labute approximate surface area is 155 Å². The highest BCUT2D eigenvalue weighted by atomic mass is 16.2. The van der Waals surface area contributed by atoms with Gasteiger partial charge in [-0.05, 0) is 50.6 Å². The molecule has 0 N–H and O–H groups in total. The number of fused-ring (bicyclic) bond motifs is 1. The molecule has 2 saturated heterocycles. The molecule has 3 heterocycles. The van der Waals surface area contributed by atoms with Gasteiger partial charge in [0.25, 0.3) is 5.91 Å². The van der Waals surface area contributed by atoms with E-state index in [1.807, 2.05) is 12.1 Å². The van der Waals surface area contributed by atoms with E-state index in [-0.39, 0.29) is 11.9 Å². The summed E-state index contributed by atoms with van der Waals surface area (Å²) in [5.74, 6) is 0.530. The number of carbonyl (C=O) groups is 1. The van der Waals surface area contributed by atoms with Gasteiger partial charge in [0.2, 0.25) is 0 Å². The van der Waals surface area contributed by atoms with E-state index >= 15 is 0 Å². The number of benzene rings is 1. The van der Waals surface area contributed by atoms with Gasteiger partial charge >= 0.3 is 0 Å². The maximum atomic E-state index is 13.4. The normalized spacial score (nSPS) is 26.8. The van der Waals surface area contributed by atoms with Crippen LogP contribution in [0.1, 0.15) is 47.5 Å². The molecule has 2 aromatic rings. The molecule has 0 bridgehead atoms. The maximum Gasteiger partial charge on any atom is 0.255 e.